The summed E-state index contributed by atoms with van der Waals surface area (Å²) in [5.74, 6) is 0. The fourth-order valence-corrected chi connectivity index (χ4v) is 3.17. The lowest BCUT2D eigenvalue weighted by Gasteiger charge is -2.11. The molecule has 0 aromatic heterocycles. The number of benzene rings is 3. The summed E-state index contributed by atoms with van der Waals surface area (Å²) in [5.41, 5.74) is 5.02. The first kappa shape index (κ1) is 13.8. The van der Waals surface area contributed by atoms with E-state index >= 15 is 0 Å². The molecule has 20 heavy (non-hydrogen) atoms. The molecule has 0 unspecified atom stereocenters. The summed E-state index contributed by atoms with van der Waals surface area (Å²) >= 11 is 5.92. The second-order valence-corrected chi connectivity index (χ2v) is 6.73. The maximum absolute atomic E-state index is 3.55. The second-order valence-electron chi connectivity index (χ2n) is 4.57. The van der Waals surface area contributed by atoms with E-state index in [-0.39, 0.29) is 0 Å². The topological polar surface area (TPSA) is 0 Å². The van der Waals surface area contributed by atoms with Crippen molar-refractivity contribution in [3.8, 4) is 22.3 Å². The fourth-order valence-electron chi connectivity index (χ4n) is 2.28. The van der Waals surface area contributed by atoms with E-state index in [1.165, 1.54) is 25.8 Å². The SMILES string of the molecule is Brc1cccc(-c2ccc(I)cc2-c2ccccc2)c1. The van der Waals surface area contributed by atoms with E-state index < -0.39 is 0 Å². The lowest BCUT2D eigenvalue weighted by molar-refractivity contribution is 1.55. The Kier molecular flexibility index (Phi) is 4.22. The largest absolute Gasteiger partial charge is 0.0622 e. The zero-order valence-corrected chi connectivity index (χ0v) is 14.4. The van der Waals surface area contributed by atoms with Gasteiger partial charge in [0.2, 0.25) is 0 Å². The number of rotatable bonds is 2. The standard InChI is InChI=1S/C18H12BrI/c19-15-8-4-7-14(11-15)17-10-9-16(20)12-18(17)13-5-2-1-3-6-13/h1-12H. The highest BCUT2D eigenvalue weighted by molar-refractivity contribution is 14.1. The van der Waals surface area contributed by atoms with E-state index in [9.17, 15) is 0 Å². The van der Waals surface area contributed by atoms with Gasteiger partial charge in [0.05, 0.1) is 0 Å². The second kappa shape index (κ2) is 6.10. The van der Waals surface area contributed by atoms with Crippen molar-refractivity contribution in [3.05, 3.63) is 80.8 Å². The van der Waals surface area contributed by atoms with Crippen molar-refractivity contribution in [2.45, 2.75) is 0 Å². The zero-order chi connectivity index (χ0) is 13.9. The molecular formula is C18H12BrI. The third kappa shape index (κ3) is 2.96. The number of halogens is 2. The molecule has 98 valence electrons. The van der Waals surface area contributed by atoms with Gasteiger partial charge in [0, 0.05) is 8.04 Å². The van der Waals surface area contributed by atoms with Gasteiger partial charge in [0.1, 0.15) is 0 Å². The molecule has 0 radical (unpaired) electrons. The predicted octanol–water partition coefficient (Wildman–Crippen LogP) is 6.39. The summed E-state index contributed by atoms with van der Waals surface area (Å²) in [4.78, 5) is 0. The van der Waals surface area contributed by atoms with Crippen LogP contribution in [-0.2, 0) is 0 Å². The quantitative estimate of drug-likeness (QED) is 0.410. The van der Waals surface area contributed by atoms with Crippen molar-refractivity contribution in [1.82, 2.24) is 0 Å². The van der Waals surface area contributed by atoms with E-state index in [1.54, 1.807) is 0 Å². The van der Waals surface area contributed by atoms with Crippen molar-refractivity contribution in [1.29, 1.82) is 0 Å². The van der Waals surface area contributed by atoms with Crippen LogP contribution in [0.4, 0.5) is 0 Å². The Morgan fingerprint density at radius 3 is 2.15 bits per heavy atom. The molecule has 0 aliphatic carbocycles. The van der Waals surface area contributed by atoms with Crippen molar-refractivity contribution < 1.29 is 0 Å². The molecule has 3 aromatic rings. The van der Waals surface area contributed by atoms with Crippen LogP contribution in [0.15, 0.2) is 77.3 Å². The fraction of sp³-hybridized carbons (Fsp3) is 0. The molecule has 0 saturated heterocycles. The van der Waals surface area contributed by atoms with Crippen molar-refractivity contribution in [2.75, 3.05) is 0 Å². The van der Waals surface area contributed by atoms with E-state index in [0.29, 0.717) is 0 Å². The normalized spacial score (nSPS) is 10.5. The van der Waals surface area contributed by atoms with Crippen molar-refractivity contribution in [2.24, 2.45) is 0 Å². The first-order valence-corrected chi connectivity index (χ1v) is 8.22. The Hall–Kier alpha value is -1.13. The minimum atomic E-state index is 1.10. The molecule has 0 aliphatic rings. The average molecular weight is 435 g/mol. The molecule has 0 nitrogen and oxygen atoms in total. The molecule has 2 heteroatoms. The highest BCUT2D eigenvalue weighted by atomic mass is 127. The van der Waals surface area contributed by atoms with Crippen LogP contribution in [-0.4, -0.2) is 0 Å². The summed E-state index contributed by atoms with van der Waals surface area (Å²) in [6, 6.07) is 25.6. The summed E-state index contributed by atoms with van der Waals surface area (Å²) in [6.45, 7) is 0. The molecule has 0 heterocycles. The van der Waals surface area contributed by atoms with Crippen LogP contribution >= 0.6 is 38.5 Å². The van der Waals surface area contributed by atoms with E-state index in [2.05, 4.69) is 111 Å². The summed E-state index contributed by atoms with van der Waals surface area (Å²) in [6.07, 6.45) is 0. The number of hydrogen-bond donors (Lipinski definition) is 0. The Balaban J connectivity index is 2.22. The predicted molar refractivity (Wildman–Crippen MR) is 97.7 cm³/mol. The van der Waals surface area contributed by atoms with Crippen molar-refractivity contribution in [3.63, 3.8) is 0 Å². The van der Waals surface area contributed by atoms with Gasteiger partial charge in [-0.25, -0.2) is 0 Å². The lowest BCUT2D eigenvalue weighted by Crippen LogP contribution is -1.86. The van der Waals surface area contributed by atoms with Crippen molar-refractivity contribution >= 4 is 38.5 Å². The smallest absolute Gasteiger partial charge is 0.0181 e. The molecule has 0 N–H and O–H groups in total. The molecule has 3 rings (SSSR count). The van der Waals surface area contributed by atoms with Gasteiger partial charge in [-0.2, -0.15) is 0 Å². The molecule has 0 saturated carbocycles. The van der Waals surface area contributed by atoms with Crippen LogP contribution in [0.3, 0.4) is 0 Å². The van der Waals surface area contributed by atoms with Gasteiger partial charge < -0.3 is 0 Å². The Morgan fingerprint density at radius 1 is 0.650 bits per heavy atom. The van der Waals surface area contributed by atoms with Crippen LogP contribution in [0.2, 0.25) is 0 Å². The van der Waals surface area contributed by atoms with Gasteiger partial charge in [-0.3, -0.25) is 0 Å². The van der Waals surface area contributed by atoms with Gasteiger partial charge >= 0.3 is 0 Å². The molecule has 0 fully saturated rings. The van der Waals surface area contributed by atoms with Gasteiger partial charge in [-0.05, 0) is 69.1 Å². The van der Waals surface area contributed by atoms with Crippen LogP contribution in [0, 0.1) is 3.57 Å². The van der Waals surface area contributed by atoms with E-state index in [4.69, 9.17) is 0 Å². The lowest BCUT2D eigenvalue weighted by atomic mass is 9.95. The first-order chi connectivity index (χ1) is 9.74. The van der Waals surface area contributed by atoms with Gasteiger partial charge in [0.15, 0.2) is 0 Å². The third-order valence-corrected chi connectivity index (χ3v) is 4.37. The van der Waals surface area contributed by atoms with Gasteiger partial charge in [-0.15, -0.1) is 0 Å². The molecule has 0 amide bonds. The number of hydrogen-bond acceptors (Lipinski definition) is 0. The molecule has 0 spiro atoms. The molecule has 3 aromatic carbocycles. The maximum Gasteiger partial charge on any atom is 0.0181 e. The van der Waals surface area contributed by atoms with Crippen LogP contribution < -0.4 is 0 Å². The Morgan fingerprint density at radius 2 is 1.40 bits per heavy atom. The van der Waals surface area contributed by atoms with Gasteiger partial charge in [0.25, 0.3) is 0 Å². The summed E-state index contributed by atoms with van der Waals surface area (Å²) in [5, 5.41) is 0. The zero-order valence-electron chi connectivity index (χ0n) is 10.7. The molecular weight excluding hydrogens is 423 g/mol. The van der Waals surface area contributed by atoms with Crippen LogP contribution in [0.5, 0.6) is 0 Å². The molecule has 0 bridgehead atoms. The molecule has 0 aliphatic heterocycles. The highest BCUT2D eigenvalue weighted by Gasteiger charge is 2.08. The van der Waals surface area contributed by atoms with Crippen LogP contribution in [0.1, 0.15) is 0 Å². The minimum absolute atomic E-state index is 1.10. The first-order valence-electron chi connectivity index (χ1n) is 6.35. The summed E-state index contributed by atoms with van der Waals surface area (Å²) < 4.78 is 2.35. The van der Waals surface area contributed by atoms with Crippen LogP contribution in [0.25, 0.3) is 22.3 Å². The highest BCUT2D eigenvalue weighted by Crippen LogP contribution is 2.34. The Bertz CT molecular complexity index is 735. The molecule has 0 atom stereocenters. The average Bonchev–Trinajstić information content (AvgIpc) is 2.48. The Labute approximate surface area is 141 Å². The van der Waals surface area contributed by atoms with Gasteiger partial charge in [-0.1, -0.05) is 64.5 Å². The van der Waals surface area contributed by atoms with E-state index in [1.807, 2.05) is 0 Å². The van der Waals surface area contributed by atoms with E-state index in [0.717, 1.165) is 4.47 Å². The third-order valence-electron chi connectivity index (χ3n) is 3.20. The summed E-state index contributed by atoms with van der Waals surface area (Å²) in [7, 11) is 0. The monoisotopic (exact) mass is 434 g/mol. The maximum atomic E-state index is 3.55. The minimum Gasteiger partial charge on any atom is -0.0622 e.